The molecule has 0 aliphatic heterocycles. The van der Waals surface area contributed by atoms with Crippen LogP contribution in [0.1, 0.15) is 26.3 Å². The molecule has 3 rings (SSSR count). The zero-order valence-corrected chi connectivity index (χ0v) is 15.0. The van der Waals surface area contributed by atoms with Crippen molar-refractivity contribution in [1.29, 1.82) is 0 Å². The third kappa shape index (κ3) is 3.77. The van der Waals surface area contributed by atoms with E-state index in [-0.39, 0.29) is 5.56 Å². The van der Waals surface area contributed by atoms with Crippen LogP contribution in [0.4, 0.5) is 13.2 Å². The van der Waals surface area contributed by atoms with Crippen molar-refractivity contribution in [3.05, 3.63) is 64.0 Å². The van der Waals surface area contributed by atoms with Gasteiger partial charge < -0.3 is 9.30 Å². The summed E-state index contributed by atoms with van der Waals surface area (Å²) in [4.78, 5) is 28.2. The number of hydrogen-bond acceptors (Lipinski definition) is 4. The van der Waals surface area contributed by atoms with Crippen LogP contribution in [0, 0.1) is 0 Å². The molecule has 0 unspecified atom stereocenters. The average Bonchev–Trinajstić information content (AvgIpc) is 2.95. The molecule has 9 heteroatoms. The number of nitrogens with zero attached hydrogens (tertiary/aromatic N) is 2. The predicted octanol–water partition coefficient (Wildman–Crippen LogP) is 3.79. The van der Waals surface area contributed by atoms with Crippen LogP contribution in [0.15, 0.2) is 47.5 Å². The first-order valence-electron chi connectivity index (χ1n) is 7.65. The monoisotopic (exact) mass is 394 g/mol. The summed E-state index contributed by atoms with van der Waals surface area (Å²) >= 11 is 1.14. The minimum absolute atomic E-state index is 0.155. The van der Waals surface area contributed by atoms with Crippen molar-refractivity contribution in [3.8, 4) is 0 Å². The number of amides is 1. The Balaban J connectivity index is 2.04. The summed E-state index contributed by atoms with van der Waals surface area (Å²) in [6.07, 6.45) is -4.54. The standard InChI is InChI=1S/C18H13F3N2O3S/c1-23-13-7-6-11(16(25)26-2)9-14(13)27-17(23)22-15(24)10-4-3-5-12(8-10)18(19,20)21/h3-9H,1-2H3. The van der Waals surface area contributed by atoms with Gasteiger partial charge in [-0.2, -0.15) is 18.2 Å². The molecule has 0 saturated carbocycles. The number of carbonyl (C=O) groups excluding carboxylic acids is 2. The van der Waals surface area contributed by atoms with E-state index in [1.54, 1.807) is 29.8 Å². The van der Waals surface area contributed by atoms with Gasteiger partial charge in [-0.15, -0.1) is 0 Å². The number of thiazole rings is 1. The van der Waals surface area contributed by atoms with Gasteiger partial charge in [-0.1, -0.05) is 17.4 Å². The van der Waals surface area contributed by atoms with E-state index in [1.165, 1.54) is 19.2 Å². The molecular formula is C18H13F3N2O3S. The molecule has 140 valence electrons. The number of alkyl halides is 3. The molecule has 0 spiro atoms. The summed E-state index contributed by atoms with van der Waals surface area (Å²) in [7, 11) is 2.95. The van der Waals surface area contributed by atoms with Crippen LogP contribution in [0.2, 0.25) is 0 Å². The lowest BCUT2D eigenvalue weighted by Crippen LogP contribution is -2.14. The number of fused-ring (bicyclic) bond motifs is 1. The van der Waals surface area contributed by atoms with Crippen molar-refractivity contribution in [2.45, 2.75) is 6.18 Å². The van der Waals surface area contributed by atoms with Crippen molar-refractivity contribution >= 4 is 33.4 Å². The van der Waals surface area contributed by atoms with Gasteiger partial charge in [0.1, 0.15) is 0 Å². The average molecular weight is 394 g/mol. The molecular weight excluding hydrogens is 381 g/mol. The van der Waals surface area contributed by atoms with E-state index in [4.69, 9.17) is 0 Å². The minimum Gasteiger partial charge on any atom is -0.465 e. The molecule has 0 bridgehead atoms. The maximum absolute atomic E-state index is 12.8. The van der Waals surface area contributed by atoms with E-state index >= 15 is 0 Å². The Hall–Kier alpha value is -2.94. The Bertz CT molecular complexity index is 1110. The Kier molecular flexibility index (Phi) is 4.88. The summed E-state index contributed by atoms with van der Waals surface area (Å²) in [5, 5.41) is 0. The number of halogens is 3. The summed E-state index contributed by atoms with van der Waals surface area (Å²) in [6.45, 7) is 0. The van der Waals surface area contributed by atoms with Crippen LogP contribution in [-0.2, 0) is 18.0 Å². The van der Waals surface area contributed by atoms with Crippen LogP contribution in [-0.4, -0.2) is 23.6 Å². The summed E-state index contributed by atoms with van der Waals surface area (Å²) in [6, 6.07) is 8.99. The van der Waals surface area contributed by atoms with E-state index in [9.17, 15) is 22.8 Å². The highest BCUT2D eigenvalue weighted by atomic mass is 32.1. The predicted molar refractivity (Wildman–Crippen MR) is 93.5 cm³/mol. The number of methoxy groups -OCH3 is 1. The SMILES string of the molecule is COC(=O)c1ccc2c(c1)sc(=NC(=O)c1cccc(C(F)(F)F)c1)n2C. The van der Waals surface area contributed by atoms with E-state index in [0.717, 1.165) is 29.0 Å². The smallest absolute Gasteiger partial charge is 0.416 e. The van der Waals surface area contributed by atoms with E-state index in [1.807, 2.05) is 0 Å². The Morgan fingerprint density at radius 2 is 1.85 bits per heavy atom. The Morgan fingerprint density at radius 3 is 2.52 bits per heavy atom. The first kappa shape index (κ1) is 18.8. The highest BCUT2D eigenvalue weighted by molar-refractivity contribution is 7.16. The molecule has 0 atom stereocenters. The van der Waals surface area contributed by atoms with Crippen molar-refractivity contribution < 1.29 is 27.5 Å². The topological polar surface area (TPSA) is 60.7 Å². The summed E-state index contributed by atoms with van der Waals surface area (Å²) < 4.78 is 45.4. The number of hydrogen-bond donors (Lipinski definition) is 0. The normalized spacial score (nSPS) is 12.4. The first-order chi connectivity index (χ1) is 12.7. The molecule has 1 amide bonds. The largest absolute Gasteiger partial charge is 0.465 e. The fourth-order valence-electron chi connectivity index (χ4n) is 2.47. The van der Waals surface area contributed by atoms with Gasteiger partial charge in [-0.05, 0) is 36.4 Å². The van der Waals surface area contributed by atoms with Crippen molar-refractivity contribution in [1.82, 2.24) is 4.57 Å². The van der Waals surface area contributed by atoms with Crippen molar-refractivity contribution in [2.24, 2.45) is 12.0 Å². The molecule has 2 aromatic carbocycles. The van der Waals surface area contributed by atoms with Gasteiger partial charge in [0, 0.05) is 12.6 Å². The van der Waals surface area contributed by atoms with Gasteiger partial charge in [-0.3, -0.25) is 4.79 Å². The third-order valence-electron chi connectivity index (χ3n) is 3.86. The van der Waals surface area contributed by atoms with Gasteiger partial charge >= 0.3 is 12.1 Å². The number of rotatable bonds is 2. The van der Waals surface area contributed by atoms with Crippen LogP contribution < -0.4 is 4.80 Å². The molecule has 1 heterocycles. The second-order valence-corrected chi connectivity index (χ2v) is 6.62. The number of aromatic nitrogens is 1. The molecule has 1 aromatic heterocycles. The molecule has 27 heavy (non-hydrogen) atoms. The van der Waals surface area contributed by atoms with E-state index < -0.39 is 23.6 Å². The van der Waals surface area contributed by atoms with Crippen molar-refractivity contribution in [3.63, 3.8) is 0 Å². The van der Waals surface area contributed by atoms with Gasteiger partial charge in [-0.25, -0.2) is 4.79 Å². The lowest BCUT2D eigenvalue weighted by atomic mass is 10.1. The zero-order chi connectivity index (χ0) is 19.8. The molecule has 0 radical (unpaired) electrons. The maximum atomic E-state index is 12.8. The third-order valence-corrected chi connectivity index (χ3v) is 4.96. The van der Waals surface area contributed by atoms with Crippen molar-refractivity contribution in [2.75, 3.05) is 7.11 Å². The minimum atomic E-state index is -4.54. The molecule has 0 aliphatic rings. The van der Waals surface area contributed by atoms with Crippen LogP contribution >= 0.6 is 11.3 Å². The quantitative estimate of drug-likeness (QED) is 0.622. The lowest BCUT2D eigenvalue weighted by molar-refractivity contribution is -0.137. The highest BCUT2D eigenvalue weighted by Crippen LogP contribution is 2.29. The molecule has 0 fully saturated rings. The van der Waals surface area contributed by atoms with E-state index in [2.05, 4.69) is 9.73 Å². The van der Waals surface area contributed by atoms with Gasteiger partial charge in [0.15, 0.2) is 4.80 Å². The van der Waals surface area contributed by atoms with E-state index in [0.29, 0.717) is 15.1 Å². The molecule has 0 N–H and O–H groups in total. The number of ether oxygens (including phenoxy) is 1. The zero-order valence-electron chi connectivity index (χ0n) is 14.2. The van der Waals surface area contributed by atoms with Crippen LogP contribution in [0.3, 0.4) is 0 Å². The molecule has 0 saturated heterocycles. The maximum Gasteiger partial charge on any atom is 0.416 e. The number of benzene rings is 2. The Morgan fingerprint density at radius 1 is 1.11 bits per heavy atom. The molecule has 3 aromatic rings. The number of esters is 1. The fourth-order valence-corrected chi connectivity index (χ4v) is 3.52. The number of aryl methyl sites for hydroxylation is 1. The number of carbonyl (C=O) groups is 2. The Labute approximate surface area is 155 Å². The van der Waals surface area contributed by atoms with Crippen LogP contribution in [0.5, 0.6) is 0 Å². The second kappa shape index (κ2) is 6.99. The molecule has 0 aliphatic carbocycles. The highest BCUT2D eigenvalue weighted by Gasteiger charge is 2.30. The molecule has 5 nitrogen and oxygen atoms in total. The fraction of sp³-hybridized carbons (Fsp3) is 0.167. The summed E-state index contributed by atoms with van der Waals surface area (Å²) in [5.74, 6) is -1.28. The van der Waals surface area contributed by atoms with Crippen LogP contribution in [0.25, 0.3) is 10.2 Å². The first-order valence-corrected chi connectivity index (χ1v) is 8.46. The summed E-state index contributed by atoms with van der Waals surface area (Å²) in [5.41, 5.74) is 0.00960. The lowest BCUT2D eigenvalue weighted by Gasteiger charge is -2.06. The second-order valence-electron chi connectivity index (χ2n) is 5.61. The van der Waals surface area contributed by atoms with Gasteiger partial charge in [0.25, 0.3) is 5.91 Å². The van der Waals surface area contributed by atoms with Gasteiger partial charge in [0.2, 0.25) is 0 Å². The van der Waals surface area contributed by atoms with Gasteiger partial charge in [0.05, 0.1) is 28.5 Å².